The molecule has 0 radical (unpaired) electrons. The summed E-state index contributed by atoms with van der Waals surface area (Å²) in [5, 5.41) is 26.6. The lowest BCUT2D eigenvalue weighted by Crippen LogP contribution is -2.61. The largest absolute Gasteiger partial charge is 0.460 e. The first-order valence-corrected chi connectivity index (χ1v) is 27.7. The maximum atomic E-state index is 14.6. The maximum absolute atomic E-state index is 14.6. The Morgan fingerprint density at radius 1 is 0.824 bits per heavy atom. The highest BCUT2D eigenvalue weighted by Gasteiger charge is 2.53. The maximum Gasteiger partial charge on any atom is 0.407 e. The van der Waals surface area contributed by atoms with Crippen molar-refractivity contribution in [1.29, 1.82) is 0 Å². The summed E-state index contributed by atoms with van der Waals surface area (Å²) < 4.78 is 35.8. The number of carbonyl (C=O) groups is 6. The number of aliphatic hydroxyl groups is 2. The number of Topliss-reactive ketones (excluding diaryl/α,β-unsaturated/α-hetero) is 3. The normalized spacial score (nSPS) is 38.3. The van der Waals surface area contributed by atoms with Crippen molar-refractivity contribution in [3.05, 3.63) is 47.6 Å². The second-order valence-corrected chi connectivity index (χ2v) is 22.4. The van der Waals surface area contributed by atoms with Gasteiger partial charge in [-0.3, -0.25) is 19.2 Å². The average molecular weight is 1040 g/mol. The van der Waals surface area contributed by atoms with Gasteiger partial charge in [-0.05, 0) is 120 Å². The molecule has 0 aromatic carbocycles. The Morgan fingerprint density at radius 2 is 1.54 bits per heavy atom. The number of aliphatic hydroxyl groups excluding tert-OH is 1. The second kappa shape index (κ2) is 28.9. The van der Waals surface area contributed by atoms with Crippen LogP contribution in [-0.4, -0.2) is 139 Å². The van der Waals surface area contributed by atoms with E-state index in [2.05, 4.69) is 5.32 Å². The van der Waals surface area contributed by atoms with E-state index in [0.29, 0.717) is 69.8 Å². The molecule has 2 amide bonds. The van der Waals surface area contributed by atoms with Gasteiger partial charge < -0.3 is 48.9 Å². The number of fused-ring (bicyclic) bond motifs is 3. The van der Waals surface area contributed by atoms with Crippen LogP contribution in [0.4, 0.5) is 4.79 Å². The minimum absolute atomic E-state index is 0.00843. The zero-order valence-corrected chi connectivity index (χ0v) is 46.1. The summed E-state index contributed by atoms with van der Waals surface area (Å²) in [4.78, 5) is 85.6. The lowest BCUT2D eigenvalue weighted by Gasteiger charge is -2.42. The minimum atomic E-state index is -2.45. The van der Waals surface area contributed by atoms with Crippen LogP contribution in [0.25, 0.3) is 0 Å². The van der Waals surface area contributed by atoms with Crippen molar-refractivity contribution in [2.45, 2.75) is 218 Å². The molecule has 0 aromatic rings. The highest BCUT2D eigenvalue weighted by atomic mass is 16.6. The molecule has 5 aliphatic rings. The van der Waals surface area contributed by atoms with E-state index in [1.54, 1.807) is 41.1 Å². The van der Waals surface area contributed by atoms with Gasteiger partial charge in [-0.1, -0.05) is 90.3 Å². The molecule has 16 heteroatoms. The van der Waals surface area contributed by atoms with Crippen molar-refractivity contribution in [2.75, 3.05) is 27.9 Å². The second-order valence-electron chi connectivity index (χ2n) is 22.4. The number of rotatable bonds is 8. The van der Waals surface area contributed by atoms with Crippen LogP contribution in [0.15, 0.2) is 47.6 Å². The molecule has 74 heavy (non-hydrogen) atoms. The molecule has 3 N–H and O–H groups in total. The number of piperidine rings is 1. The van der Waals surface area contributed by atoms with Gasteiger partial charge in [-0.15, -0.1) is 0 Å². The van der Waals surface area contributed by atoms with Crippen LogP contribution >= 0.6 is 0 Å². The molecule has 3 heterocycles. The topological polar surface area (TPSA) is 214 Å². The van der Waals surface area contributed by atoms with E-state index in [1.165, 1.54) is 18.4 Å². The van der Waals surface area contributed by atoms with Crippen LogP contribution in [0.2, 0.25) is 0 Å². The van der Waals surface area contributed by atoms with Crippen molar-refractivity contribution in [3.63, 3.8) is 0 Å². The Bertz CT molecular complexity index is 2030. The molecule has 4 fully saturated rings. The van der Waals surface area contributed by atoms with Crippen molar-refractivity contribution in [3.8, 4) is 0 Å². The molecule has 3 aliphatic heterocycles. The van der Waals surface area contributed by atoms with E-state index in [-0.39, 0.29) is 60.9 Å². The van der Waals surface area contributed by atoms with Gasteiger partial charge in [0.15, 0.2) is 5.78 Å². The predicted octanol–water partition coefficient (Wildman–Crippen LogP) is 8.25. The van der Waals surface area contributed by atoms with Gasteiger partial charge in [0.2, 0.25) is 5.79 Å². The fourth-order valence-electron chi connectivity index (χ4n) is 11.8. The number of alkyl carbamates (subject to hydrolysis) is 1. The Balaban J connectivity index is 1.42. The van der Waals surface area contributed by atoms with Crippen LogP contribution in [0.1, 0.15) is 158 Å². The van der Waals surface area contributed by atoms with Gasteiger partial charge in [-0.25, -0.2) is 9.59 Å². The monoisotopic (exact) mass is 1040 g/mol. The minimum Gasteiger partial charge on any atom is -0.460 e. The molecule has 0 spiro atoms. The first-order chi connectivity index (χ1) is 35.2. The quantitative estimate of drug-likeness (QED) is 0.119. The summed E-state index contributed by atoms with van der Waals surface area (Å²) in [7, 11) is 4.56. The molecule has 15 atom stereocenters. The third-order valence-electron chi connectivity index (χ3n) is 16.6. The van der Waals surface area contributed by atoms with Gasteiger partial charge in [0.1, 0.15) is 36.2 Å². The number of ether oxygens (including phenoxy) is 6. The van der Waals surface area contributed by atoms with Gasteiger partial charge in [0.05, 0.1) is 18.3 Å². The summed E-state index contributed by atoms with van der Waals surface area (Å²) in [5.74, 6) is -8.19. The van der Waals surface area contributed by atoms with Gasteiger partial charge in [0, 0.05) is 64.5 Å². The summed E-state index contributed by atoms with van der Waals surface area (Å²) >= 11 is 0. The third kappa shape index (κ3) is 16.5. The summed E-state index contributed by atoms with van der Waals surface area (Å²) in [6.07, 6.45) is 15.8. The molecule has 0 aromatic heterocycles. The first kappa shape index (κ1) is 60.8. The van der Waals surface area contributed by atoms with Crippen molar-refractivity contribution in [2.24, 2.45) is 35.5 Å². The van der Waals surface area contributed by atoms with Crippen LogP contribution in [0.5, 0.6) is 0 Å². The molecule has 2 aliphatic carbocycles. The Morgan fingerprint density at radius 3 is 2.23 bits per heavy atom. The number of cyclic esters (lactones) is 1. The lowest BCUT2D eigenvalue weighted by molar-refractivity contribution is -0.265. The van der Waals surface area contributed by atoms with E-state index in [9.17, 15) is 39.0 Å². The molecule has 416 valence electrons. The molecular weight excluding hydrogens is 949 g/mol. The number of carbonyl (C=O) groups excluding carboxylic acids is 6. The standard InChI is InChI=1S/C58H90N2O14/c1-35-19-13-11-14-20-36(2)48(69-8)33-44-26-24-41(7)58(68,74-44)54(64)55(65)60-28-18-17-23-45(60)56(66)72-49(34-46(61)37(3)30-40(6)52(63)53(71-10)51(62)39(5)29-35)38(4)31-42-25-27-47(50(32-42)70-9)73-57(67)59-43-21-15-12-16-22-43/h11,13-14,19-20,30,35,37-39,41-45,47-50,52-53,63,68H,12,15-18,21-29,31-34H2,1-10H3,(H,59,67)/b14-11+,19-13+,36-20+,40-30+/t35?,37?,38?,39-,41-,42?,44?,45+,47-,48?,49?,50?,52-,53?,58-/m1/s1. The number of hydrogen-bond donors (Lipinski definition) is 3. The van der Waals surface area contributed by atoms with Crippen LogP contribution in [0, 0.1) is 35.5 Å². The van der Waals surface area contributed by atoms with Crippen molar-refractivity contribution in [1.82, 2.24) is 10.2 Å². The Kier molecular flexibility index (Phi) is 23.7. The molecule has 2 bridgehead atoms. The van der Waals surface area contributed by atoms with Gasteiger partial charge >= 0.3 is 12.1 Å². The number of nitrogens with one attached hydrogen (secondary N) is 1. The van der Waals surface area contributed by atoms with Crippen LogP contribution in [-0.2, 0) is 52.4 Å². The van der Waals surface area contributed by atoms with E-state index < -0.39 is 90.0 Å². The molecular formula is C58H90N2O14. The summed E-state index contributed by atoms with van der Waals surface area (Å²) in [6, 6.07) is -1.06. The number of allylic oxidation sites excluding steroid dienone is 6. The lowest BCUT2D eigenvalue weighted by atomic mass is 9.78. The average Bonchev–Trinajstić information content (AvgIpc) is 3.38. The van der Waals surface area contributed by atoms with Crippen LogP contribution < -0.4 is 5.32 Å². The van der Waals surface area contributed by atoms with Gasteiger partial charge in [-0.2, -0.15) is 0 Å². The first-order valence-electron chi connectivity index (χ1n) is 27.7. The highest BCUT2D eigenvalue weighted by molar-refractivity contribution is 6.39. The zero-order valence-electron chi connectivity index (χ0n) is 46.1. The molecule has 5 rings (SSSR count). The highest BCUT2D eigenvalue weighted by Crippen LogP contribution is 2.38. The summed E-state index contributed by atoms with van der Waals surface area (Å²) in [5.41, 5.74) is 1.25. The fraction of sp³-hybridized carbons (Fsp3) is 0.759. The number of esters is 1. The van der Waals surface area contributed by atoms with Crippen molar-refractivity contribution < 1.29 is 67.4 Å². The van der Waals surface area contributed by atoms with E-state index in [4.69, 9.17) is 28.4 Å². The third-order valence-corrected chi connectivity index (χ3v) is 16.6. The smallest absolute Gasteiger partial charge is 0.407 e. The number of nitrogens with zero attached hydrogens (tertiary/aromatic N) is 1. The zero-order chi connectivity index (χ0) is 54.3. The van der Waals surface area contributed by atoms with E-state index in [0.717, 1.165) is 31.3 Å². The van der Waals surface area contributed by atoms with Crippen molar-refractivity contribution >= 4 is 35.3 Å². The van der Waals surface area contributed by atoms with Gasteiger partial charge in [0.25, 0.3) is 11.7 Å². The van der Waals surface area contributed by atoms with E-state index in [1.807, 2.05) is 58.1 Å². The molecule has 2 saturated carbocycles. The Labute approximate surface area is 440 Å². The number of hydrogen-bond acceptors (Lipinski definition) is 14. The molecule has 9 unspecified atom stereocenters. The molecule has 16 nitrogen and oxygen atoms in total. The summed E-state index contributed by atoms with van der Waals surface area (Å²) in [6.45, 7) is 12.7. The number of methoxy groups -OCH3 is 3. The SMILES string of the molecule is COC1CC2CC[C@@H](C)[C@@](O)(O2)C(=O)C(=O)N2CCCC[C@H]2C(=O)OC(C(C)CC2CC[C@@H](OC(=O)NC3CCCCC3)C(OC)C2)CC(=O)C(C)/C=C(\C)[C@@H](O)C(OC)C(=O)[C@H](C)CC(C)/C=C/C=C/C=C/1C. The number of amides is 2. The number of ketones is 3. The van der Waals surface area contributed by atoms with E-state index >= 15 is 0 Å². The molecule has 2 saturated heterocycles. The Hall–Kier alpha value is -4.06. The van der Waals surface area contributed by atoms with Crippen LogP contribution in [0.3, 0.4) is 0 Å². The predicted molar refractivity (Wildman–Crippen MR) is 279 cm³/mol. The fourth-order valence-corrected chi connectivity index (χ4v) is 11.8.